The van der Waals surface area contributed by atoms with Crippen LogP contribution in [0.15, 0.2) is 29.2 Å². The van der Waals surface area contributed by atoms with Crippen molar-refractivity contribution in [3.63, 3.8) is 0 Å². The molecule has 2 aromatic rings. The molecule has 2 N–H and O–H groups in total. The lowest BCUT2D eigenvalue weighted by atomic mass is 10.2. The average Bonchev–Trinajstić information content (AvgIpc) is 2.54. The molecule has 0 aliphatic carbocycles. The largest absolute Gasteiger partial charge is 0.416 e. The van der Waals surface area contributed by atoms with E-state index >= 15 is 0 Å². The highest BCUT2D eigenvalue weighted by atomic mass is 32.2. The molecule has 24 heavy (non-hydrogen) atoms. The molecule has 2 aromatic carbocycles. The Morgan fingerprint density at radius 2 is 1.25 bits per heavy atom. The van der Waals surface area contributed by atoms with Crippen LogP contribution in [0.4, 0.5) is 22.0 Å². The van der Waals surface area contributed by atoms with Gasteiger partial charge in [0.05, 0.1) is 10.5 Å². The molecule has 0 radical (unpaired) electrons. The maximum atomic E-state index is 13.4. The van der Waals surface area contributed by atoms with Crippen molar-refractivity contribution in [1.82, 2.24) is 0 Å². The molecule has 0 amide bonds. The van der Waals surface area contributed by atoms with Gasteiger partial charge in [0.2, 0.25) is 44.9 Å². The van der Waals surface area contributed by atoms with Crippen LogP contribution in [0.1, 0.15) is 10.4 Å². The molecule has 0 unspecified atom stereocenters. The van der Waals surface area contributed by atoms with E-state index in [-0.39, 0.29) is 4.90 Å². The number of carbonyl (C=O) groups is 1. The molecular weight excluding hydrogens is 361 g/mol. The van der Waals surface area contributed by atoms with Gasteiger partial charge in [0, 0.05) is 0 Å². The fourth-order valence-corrected chi connectivity index (χ4v) is 2.12. The minimum Gasteiger partial charge on any atom is -0.416 e. The highest BCUT2D eigenvalue weighted by molar-refractivity contribution is 7.89. The molecule has 0 saturated carbocycles. The monoisotopic (exact) mass is 367 g/mol. The van der Waals surface area contributed by atoms with Crippen LogP contribution in [0.3, 0.4) is 0 Å². The number of rotatable bonds is 3. The summed E-state index contributed by atoms with van der Waals surface area (Å²) in [7, 11) is -4.05. The summed E-state index contributed by atoms with van der Waals surface area (Å²) >= 11 is 0. The molecule has 0 aliphatic heterocycles. The van der Waals surface area contributed by atoms with Crippen LogP contribution < -0.4 is 9.88 Å². The molecule has 11 heteroatoms. The van der Waals surface area contributed by atoms with Crippen LogP contribution in [0.2, 0.25) is 0 Å². The quantitative estimate of drug-likeness (QED) is 0.296. The smallest absolute Gasteiger partial charge is 0.343 e. The van der Waals surface area contributed by atoms with Gasteiger partial charge in [-0.2, -0.15) is 8.78 Å². The second-order valence-corrected chi connectivity index (χ2v) is 5.92. The SMILES string of the molecule is NS(=O)(=O)c1ccc(C(=O)Oc2c(F)c(F)c(F)c(F)c2F)cc1. The second-order valence-electron chi connectivity index (χ2n) is 4.36. The number of ether oxygens (including phenoxy) is 1. The molecule has 0 fully saturated rings. The van der Waals surface area contributed by atoms with Crippen molar-refractivity contribution >= 4 is 16.0 Å². The van der Waals surface area contributed by atoms with Crippen LogP contribution in [-0.4, -0.2) is 14.4 Å². The maximum absolute atomic E-state index is 13.4. The van der Waals surface area contributed by atoms with Gasteiger partial charge in [-0.05, 0) is 24.3 Å². The fraction of sp³-hybridized carbons (Fsp3) is 0. The minimum atomic E-state index is -4.05. The van der Waals surface area contributed by atoms with Crippen molar-refractivity contribution in [2.45, 2.75) is 4.90 Å². The number of sulfonamides is 1. The van der Waals surface area contributed by atoms with Gasteiger partial charge >= 0.3 is 5.97 Å². The number of nitrogens with two attached hydrogens (primary N) is 1. The van der Waals surface area contributed by atoms with Crippen molar-refractivity contribution in [2.24, 2.45) is 5.14 Å². The summed E-state index contributed by atoms with van der Waals surface area (Å²) in [6, 6.07) is 3.55. The third kappa shape index (κ3) is 3.21. The van der Waals surface area contributed by atoms with Crippen molar-refractivity contribution in [3.05, 3.63) is 58.9 Å². The third-order valence-electron chi connectivity index (χ3n) is 2.78. The Kier molecular flexibility index (Phi) is 4.58. The average molecular weight is 367 g/mol. The van der Waals surface area contributed by atoms with E-state index in [9.17, 15) is 35.2 Å². The lowest BCUT2D eigenvalue weighted by Gasteiger charge is -2.09. The zero-order valence-corrected chi connectivity index (χ0v) is 12.1. The van der Waals surface area contributed by atoms with Gasteiger partial charge < -0.3 is 4.74 Å². The van der Waals surface area contributed by atoms with Crippen LogP contribution in [0.5, 0.6) is 5.75 Å². The molecule has 0 saturated heterocycles. The number of esters is 1. The minimum absolute atomic E-state index is 0.365. The predicted octanol–water partition coefficient (Wildman–Crippen LogP) is 2.25. The fourth-order valence-electron chi connectivity index (χ4n) is 1.61. The number of hydrogen-bond donors (Lipinski definition) is 1. The number of halogens is 5. The zero-order chi connectivity index (χ0) is 18.2. The van der Waals surface area contributed by atoms with Crippen LogP contribution in [-0.2, 0) is 10.0 Å². The van der Waals surface area contributed by atoms with E-state index in [1.165, 1.54) is 0 Å². The Bertz CT molecular complexity index is 899. The van der Waals surface area contributed by atoms with Crippen molar-refractivity contribution < 1.29 is 39.9 Å². The summed E-state index contributed by atoms with van der Waals surface area (Å²) in [6.07, 6.45) is 0. The molecule has 0 aliphatic rings. The van der Waals surface area contributed by atoms with Gasteiger partial charge in [-0.15, -0.1) is 0 Å². The zero-order valence-electron chi connectivity index (χ0n) is 11.3. The van der Waals surface area contributed by atoms with Gasteiger partial charge in [-0.25, -0.2) is 31.5 Å². The summed E-state index contributed by atoms with van der Waals surface area (Å²) < 4.78 is 92.0. The Morgan fingerprint density at radius 1 is 0.833 bits per heavy atom. The number of hydrogen-bond acceptors (Lipinski definition) is 4. The van der Waals surface area contributed by atoms with E-state index in [4.69, 9.17) is 5.14 Å². The first-order valence-electron chi connectivity index (χ1n) is 5.90. The highest BCUT2D eigenvalue weighted by Gasteiger charge is 2.28. The number of carbonyl (C=O) groups excluding carboxylic acids is 1. The van der Waals surface area contributed by atoms with Crippen LogP contribution in [0, 0.1) is 29.1 Å². The predicted molar refractivity (Wildman–Crippen MR) is 69.0 cm³/mol. The number of benzene rings is 2. The lowest BCUT2D eigenvalue weighted by molar-refractivity contribution is 0.0716. The molecule has 0 bridgehead atoms. The standard InChI is InChI=1S/C13H6F5NO4S/c14-7-8(15)10(17)12(11(18)9(7)16)23-13(20)5-1-3-6(4-2-5)24(19,21)22/h1-4H,(H2,19,21,22). The Hall–Kier alpha value is -2.53. The van der Waals surface area contributed by atoms with Crippen molar-refractivity contribution in [2.75, 3.05) is 0 Å². The molecule has 128 valence electrons. The van der Waals surface area contributed by atoms with Crippen LogP contribution >= 0.6 is 0 Å². The second kappa shape index (κ2) is 6.17. The molecule has 0 atom stereocenters. The molecule has 2 rings (SSSR count). The van der Waals surface area contributed by atoms with Crippen molar-refractivity contribution in [1.29, 1.82) is 0 Å². The summed E-state index contributed by atoms with van der Waals surface area (Å²) in [5.74, 6) is -14.8. The highest BCUT2D eigenvalue weighted by Crippen LogP contribution is 2.29. The van der Waals surface area contributed by atoms with Gasteiger partial charge in [-0.1, -0.05) is 0 Å². The van der Waals surface area contributed by atoms with Crippen LogP contribution in [0.25, 0.3) is 0 Å². The first kappa shape index (κ1) is 17.8. The normalized spacial score (nSPS) is 11.4. The van der Waals surface area contributed by atoms with E-state index in [1.54, 1.807) is 0 Å². The van der Waals surface area contributed by atoms with Crippen molar-refractivity contribution in [3.8, 4) is 5.75 Å². The van der Waals surface area contributed by atoms with E-state index in [0.717, 1.165) is 24.3 Å². The third-order valence-corrected chi connectivity index (χ3v) is 3.71. The van der Waals surface area contributed by atoms with E-state index < -0.39 is 56.4 Å². The van der Waals surface area contributed by atoms with E-state index in [0.29, 0.717) is 0 Å². The van der Waals surface area contributed by atoms with E-state index in [2.05, 4.69) is 4.74 Å². The summed E-state index contributed by atoms with van der Waals surface area (Å²) in [5, 5.41) is 4.83. The summed E-state index contributed by atoms with van der Waals surface area (Å²) in [4.78, 5) is 11.3. The molecule has 0 heterocycles. The van der Waals surface area contributed by atoms with Gasteiger partial charge in [-0.3, -0.25) is 0 Å². The maximum Gasteiger partial charge on any atom is 0.343 e. The van der Waals surface area contributed by atoms with E-state index in [1.807, 2.05) is 0 Å². The summed E-state index contributed by atoms with van der Waals surface area (Å²) in [5.41, 5.74) is -0.411. The Morgan fingerprint density at radius 3 is 1.67 bits per heavy atom. The van der Waals surface area contributed by atoms with Gasteiger partial charge in [0.25, 0.3) is 0 Å². The molecule has 0 spiro atoms. The Labute approximate surface area is 131 Å². The Balaban J connectivity index is 2.37. The molecular formula is C13H6F5NO4S. The molecule has 5 nitrogen and oxygen atoms in total. The lowest BCUT2D eigenvalue weighted by Crippen LogP contribution is -2.15. The topological polar surface area (TPSA) is 86.5 Å². The molecule has 0 aromatic heterocycles. The first-order valence-corrected chi connectivity index (χ1v) is 7.45. The van der Waals surface area contributed by atoms with Gasteiger partial charge in [0.1, 0.15) is 0 Å². The number of primary sulfonamides is 1. The van der Waals surface area contributed by atoms with Gasteiger partial charge in [0.15, 0.2) is 0 Å². The first-order chi connectivity index (χ1) is 11.0. The summed E-state index contributed by atoms with van der Waals surface area (Å²) in [6.45, 7) is 0.